The number of hydrogen-bond acceptors (Lipinski definition) is 1. The zero-order chi connectivity index (χ0) is 19.7. The Morgan fingerprint density at radius 3 is 2.71 bits per heavy atom. The first-order valence-electron chi connectivity index (χ1n) is 10.4. The van der Waals surface area contributed by atoms with Crippen molar-refractivity contribution in [3.8, 4) is 11.1 Å². The summed E-state index contributed by atoms with van der Waals surface area (Å²) in [5, 5.41) is 0. The minimum Gasteiger partial charge on any atom is -0.294 e. The molecule has 0 radical (unpaired) electrons. The van der Waals surface area contributed by atoms with Crippen LogP contribution in [0.5, 0.6) is 0 Å². The summed E-state index contributed by atoms with van der Waals surface area (Å²) in [7, 11) is 0. The topological polar surface area (TPSA) is 17.1 Å². The molecule has 2 aromatic rings. The molecule has 0 aliphatic heterocycles. The molecular weight excluding hydrogens is 340 g/mol. The third kappa shape index (κ3) is 3.09. The second-order valence-corrected chi connectivity index (χ2v) is 7.91. The molecule has 4 rings (SSSR count). The molecule has 2 aliphatic carbocycles. The fourth-order valence-electron chi connectivity index (χ4n) is 4.80. The van der Waals surface area contributed by atoms with Crippen molar-refractivity contribution in [1.29, 1.82) is 0 Å². The Bertz CT molecular complexity index is 990. The maximum atomic E-state index is 12.3. The molecule has 0 bridgehead atoms. The Kier molecular flexibility index (Phi) is 5.17. The lowest BCUT2D eigenvalue weighted by Gasteiger charge is -2.13. The van der Waals surface area contributed by atoms with Gasteiger partial charge in [0.05, 0.1) is 0 Å². The molecule has 2 aromatic carbocycles. The molecule has 0 amide bonds. The van der Waals surface area contributed by atoms with E-state index in [0.29, 0.717) is 18.1 Å². The monoisotopic (exact) mass is 368 g/mol. The van der Waals surface area contributed by atoms with Gasteiger partial charge in [-0.25, -0.2) is 0 Å². The molecule has 0 heterocycles. The van der Waals surface area contributed by atoms with E-state index in [1.54, 1.807) is 0 Å². The summed E-state index contributed by atoms with van der Waals surface area (Å²) in [4.78, 5) is 12.3. The van der Waals surface area contributed by atoms with Crippen molar-refractivity contribution >= 4 is 11.4 Å². The van der Waals surface area contributed by atoms with Crippen LogP contribution in [0.2, 0.25) is 0 Å². The summed E-state index contributed by atoms with van der Waals surface area (Å²) < 4.78 is 0. The van der Waals surface area contributed by atoms with Crippen LogP contribution in [0.25, 0.3) is 16.7 Å². The zero-order valence-electron chi connectivity index (χ0n) is 16.8. The highest BCUT2D eigenvalue weighted by Crippen LogP contribution is 2.51. The number of Topliss-reactive ketones (excluding diaryl/α,β-unsaturated/α-hetero) is 1. The van der Waals surface area contributed by atoms with Crippen molar-refractivity contribution < 1.29 is 4.79 Å². The molecule has 0 N–H and O–H groups in total. The fourth-order valence-corrected chi connectivity index (χ4v) is 4.80. The predicted octanol–water partition coefficient (Wildman–Crippen LogP) is 7.26. The molecule has 0 saturated carbocycles. The highest BCUT2D eigenvalue weighted by Gasteiger charge is 2.34. The van der Waals surface area contributed by atoms with Crippen LogP contribution in [0.1, 0.15) is 77.6 Å². The zero-order valence-corrected chi connectivity index (χ0v) is 16.8. The van der Waals surface area contributed by atoms with Crippen LogP contribution >= 0.6 is 0 Å². The van der Waals surface area contributed by atoms with Crippen molar-refractivity contribution in [1.82, 2.24) is 0 Å². The SMILES string of the molecule is C=CCCC1c2ccc(C(=C)CC/C=C\C)cc2-c2c1ccc1c2CCC1=O. The van der Waals surface area contributed by atoms with Gasteiger partial charge in [0, 0.05) is 17.9 Å². The Morgan fingerprint density at radius 2 is 1.93 bits per heavy atom. The van der Waals surface area contributed by atoms with E-state index < -0.39 is 0 Å². The molecule has 142 valence electrons. The first-order chi connectivity index (χ1) is 13.7. The maximum Gasteiger partial charge on any atom is 0.163 e. The van der Waals surface area contributed by atoms with Crippen LogP contribution in [0, 0.1) is 0 Å². The predicted molar refractivity (Wildman–Crippen MR) is 119 cm³/mol. The first-order valence-corrected chi connectivity index (χ1v) is 10.4. The van der Waals surface area contributed by atoms with Crippen LogP contribution in [-0.2, 0) is 6.42 Å². The second kappa shape index (κ2) is 7.75. The molecule has 1 nitrogen and oxygen atoms in total. The van der Waals surface area contributed by atoms with E-state index in [0.717, 1.165) is 37.7 Å². The van der Waals surface area contributed by atoms with Crippen molar-refractivity contribution in [2.45, 2.75) is 51.4 Å². The third-order valence-electron chi connectivity index (χ3n) is 6.24. The highest BCUT2D eigenvalue weighted by molar-refractivity contribution is 6.03. The minimum atomic E-state index is 0.292. The van der Waals surface area contributed by atoms with E-state index in [1.807, 2.05) is 6.08 Å². The molecule has 1 heteroatoms. The summed E-state index contributed by atoms with van der Waals surface area (Å²) in [6, 6.07) is 11.1. The lowest BCUT2D eigenvalue weighted by Crippen LogP contribution is -1.98. The quantitative estimate of drug-likeness (QED) is 0.470. The van der Waals surface area contributed by atoms with Crippen molar-refractivity contribution in [3.63, 3.8) is 0 Å². The summed E-state index contributed by atoms with van der Waals surface area (Å²) >= 11 is 0. The number of benzene rings is 2. The smallest absolute Gasteiger partial charge is 0.163 e. The van der Waals surface area contributed by atoms with Gasteiger partial charge in [-0.15, -0.1) is 6.58 Å². The third-order valence-corrected chi connectivity index (χ3v) is 6.24. The van der Waals surface area contributed by atoms with Gasteiger partial charge in [0.25, 0.3) is 0 Å². The Balaban J connectivity index is 1.80. The van der Waals surface area contributed by atoms with Gasteiger partial charge in [-0.1, -0.05) is 49.1 Å². The van der Waals surface area contributed by atoms with E-state index in [4.69, 9.17) is 0 Å². The molecule has 0 fully saturated rings. The van der Waals surface area contributed by atoms with Gasteiger partial charge in [-0.3, -0.25) is 4.79 Å². The lowest BCUT2D eigenvalue weighted by atomic mass is 9.90. The van der Waals surface area contributed by atoms with Crippen LogP contribution in [0.3, 0.4) is 0 Å². The van der Waals surface area contributed by atoms with Crippen LogP contribution in [-0.4, -0.2) is 5.78 Å². The molecular formula is C27H28O. The molecule has 1 unspecified atom stereocenters. The van der Waals surface area contributed by atoms with Crippen LogP contribution < -0.4 is 0 Å². The van der Waals surface area contributed by atoms with E-state index >= 15 is 0 Å². The van der Waals surface area contributed by atoms with Gasteiger partial charge >= 0.3 is 0 Å². The average molecular weight is 369 g/mol. The van der Waals surface area contributed by atoms with Crippen LogP contribution in [0.4, 0.5) is 0 Å². The van der Waals surface area contributed by atoms with Crippen molar-refractivity contribution in [3.05, 3.63) is 89.5 Å². The van der Waals surface area contributed by atoms with Crippen molar-refractivity contribution in [2.75, 3.05) is 0 Å². The average Bonchev–Trinajstić information content (AvgIpc) is 3.24. The molecule has 0 spiro atoms. The molecule has 28 heavy (non-hydrogen) atoms. The molecule has 0 aromatic heterocycles. The normalized spacial score (nSPS) is 16.9. The highest BCUT2D eigenvalue weighted by atomic mass is 16.1. The van der Waals surface area contributed by atoms with Gasteiger partial charge in [0.1, 0.15) is 0 Å². The van der Waals surface area contributed by atoms with Gasteiger partial charge in [0.2, 0.25) is 0 Å². The number of hydrogen-bond donors (Lipinski definition) is 0. The summed E-state index contributed by atoms with van der Waals surface area (Å²) in [5.74, 6) is 0.690. The van der Waals surface area contributed by atoms with Gasteiger partial charge in [-0.2, -0.15) is 0 Å². The number of fused-ring (bicyclic) bond motifs is 5. The Morgan fingerprint density at radius 1 is 1.11 bits per heavy atom. The number of rotatable bonds is 7. The molecule has 1 atom stereocenters. The molecule has 2 aliphatic rings. The second-order valence-electron chi connectivity index (χ2n) is 7.91. The fraction of sp³-hybridized carbons (Fsp3) is 0.296. The minimum absolute atomic E-state index is 0.292. The largest absolute Gasteiger partial charge is 0.294 e. The maximum absolute atomic E-state index is 12.3. The van der Waals surface area contributed by atoms with Gasteiger partial charge < -0.3 is 0 Å². The summed E-state index contributed by atoms with van der Waals surface area (Å²) in [5.41, 5.74) is 10.0. The number of allylic oxidation sites excluding steroid dienone is 4. The van der Waals surface area contributed by atoms with Crippen molar-refractivity contribution in [2.24, 2.45) is 0 Å². The van der Waals surface area contributed by atoms with E-state index in [1.165, 1.54) is 39.0 Å². The number of ketones is 1. The standard InChI is InChI=1S/C27H28O/c1-4-6-8-9-18(3)19-11-12-21-20(10-7-5-2)23-14-13-22-24(15-16-26(22)28)27(23)25(21)17-19/h4-6,11-14,17,20H,2-3,7-10,15-16H2,1H3/b6-4-. The lowest BCUT2D eigenvalue weighted by molar-refractivity contribution is 0.0994. The Labute approximate surface area is 168 Å². The Hall–Kier alpha value is -2.67. The van der Waals surface area contributed by atoms with Crippen LogP contribution in [0.15, 0.2) is 61.7 Å². The van der Waals surface area contributed by atoms with Gasteiger partial charge in [0.15, 0.2) is 5.78 Å². The number of carbonyl (C=O) groups excluding carboxylic acids is 1. The summed E-state index contributed by atoms with van der Waals surface area (Å²) in [6.07, 6.45) is 11.9. The van der Waals surface area contributed by atoms with E-state index in [-0.39, 0.29) is 0 Å². The van der Waals surface area contributed by atoms with E-state index in [2.05, 4.69) is 62.6 Å². The number of carbonyl (C=O) groups is 1. The van der Waals surface area contributed by atoms with E-state index in [9.17, 15) is 4.79 Å². The molecule has 0 saturated heterocycles. The first kappa shape index (κ1) is 18.7. The van der Waals surface area contributed by atoms with Gasteiger partial charge in [-0.05, 0) is 84.0 Å². The summed E-state index contributed by atoms with van der Waals surface area (Å²) in [6.45, 7) is 10.3.